The van der Waals surface area contributed by atoms with Gasteiger partial charge in [0.1, 0.15) is 0 Å². The number of nitrogens with one attached hydrogen (secondary N) is 1. The Hall–Kier alpha value is -0.580. The van der Waals surface area contributed by atoms with Crippen LogP contribution in [-0.4, -0.2) is 40.7 Å². The minimum absolute atomic E-state index is 0.0591. The van der Waals surface area contributed by atoms with Crippen molar-refractivity contribution in [2.45, 2.75) is 44.0 Å². The zero-order valence-electron chi connectivity index (χ0n) is 9.83. The number of hydrogen-bond acceptors (Lipinski definition) is 2. The zero-order chi connectivity index (χ0) is 12.1. The van der Waals surface area contributed by atoms with E-state index in [-0.39, 0.29) is 22.7 Å². The third-order valence-electron chi connectivity index (χ3n) is 2.93. The summed E-state index contributed by atoms with van der Waals surface area (Å²) in [5.74, 6) is 0.181. The van der Waals surface area contributed by atoms with Crippen LogP contribution in [0.15, 0.2) is 0 Å². The quantitative estimate of drug-likeness (QED) is 0.797. The van der Waals surface area contributed by atoms with E-state index in [1.165, 1.54) is 0 Å². The van der Waals surface area contributed by atoms with Gasteiger partial charge in [0.15, 0.2) is 0 Å². The molecule has 92 valence electrons. The smallest absolute Gasteiger partial charge is 0.233 e. The predicted octanol–water partition coefficient (Wildman–Crippen LogP) is 1.29. The number of halogens is 1. The molecule has 1 rings (SSSR count). The maximum absolute atomic E-state index is 11.6. The van der Waals surface area contributed by atoms with Crippen LogP contribution in [0.1, 0.15) is 33.1 Å². The lowest BCUT2D eigenvalue weighted by atomic mass is 10.0. The van der Waals surface area contributed by atoms with Gasteiger partial charge in [-0.2, -0.15) is 0 Å². The van der Waals surface area contributed by atoms with Gasteiger partial charge >= 0.3 is 0 Å². The molecular formula is C11H19BrN2O2. The summed E-state index contributed by atoms with van der Waals surface area (Å²) in [6.45, 7) is 5.06. The molecule has 0 saturated carbocycles. The van der Waals surface area contributed by atoms with Crippen molar-refractivity contribution < 1.29 is 9.59 Å². The first-order valence-corrected chi connectivity index (χ1v) is 6.66. The van der Waals surface area contributed by atoms with Crippen LogP contribution < -0.4 is 5.32 Å². The van der Waals surface area contributed by atoms with Crippen LogP contribution in [0.25, 0.3) is 0 Å². The Kier molecular flexibility index (Phi) is 5.25. The average Bonchev–Trinajstić information content (AvgIpc) is 2.28. The number of likely N-dealkylation sites (tertiary alicyclic amines) is 1. The highest BCUT2D eigenvalue weighted by Crippen LogP contribution is 2.12. The molecule has 5 heteroatoms. The second-order valence-corrected chi connectivity index (χ2v) is 5.27. The standard InChI is InChI=1S/C11H19BrN2O2/c1-3-10(12)11(16)13-9-4-6-14(7-5-9)8(2)15/h9-10H,3-7H2,1-2H3,(H,13,16). The van der Waals surface area contributed by atoms with Crippen LogP contribution in [0.4, 0.5) is 0 Å². The maximum Gasteiger partial charge on any atom is 0.233 e. The first kappa shape index (κ1) is 13.5. The van der Waals surface area contributed by atoms with Gasteiger partial charge in [-0.05, 0) is 19.3 Å². The van der Waals surface area contributed by atoms with Gasteiger partial charge in [0, 0.05) is 26.1 Å². The number of nitrogens with zero attached hydrogens (tertiary/aromatic N) is 1. The lowest BCUT2D eigenvalue weighted by molar-refractivity contribution is -0.130. The van der Waals surface area contributed by atoms with Crippen LogP contribution in [0.5, 0.6) is 0 Å². The summed E-state index contributed by atoms with van der Waals surface area (Å²) in [4.78, 5) is 24.5. The van der Waals surface area contributed by atoms with Gasteiger partial charge in [-0.3, -0.25) is 9.59 Å². The molecule has 0 bridgehead atoms. The Morgan fingerprint density at radius 2 is 2.00 bits per heavy atom. The van der Waals surface area contributed by atoms with E-state index in [1.54, 1.807) is 6.92 Å². The number of carbonyl (C=O) groups is 2. The van der Waals surface area contributed by atoms with Crippen molar-refractivity contribution in [1.29, 1.82) is 0 Å². The molecule has 1 heterocycles. The highest BCUT2D eigenvalue weighted by molar-refractivity contribution is 9.10. The molecule has 1 aliphatic rings. The highest BCUT2D eigenvalue weighted by atomic mass is 79.9. The fraction of sp³-hybridized carbons (Fsp3) is 0.818. The Morgan fingerprint density at radius 3 is 2.44 bits per heavy atom. The van der Waals surface area contributed by atoms with Crippen molar-refractivity contribution in [2.24, 2.45) is 0 Å². The van der Waals surface area contributed by atoms with Gasteiger partial charge in [0.25, 0.3) is 0 Å². The van der Waals surface area contributed by atoms with Crippen LogP contribution in [0, 0.1) is 0 Å². The lowest BCUT2D eigenvalue weighted by Gasteiger charge is -2.32. The molecule has 1 aliphatic heterocycles. The summed E-state index contributed by atoms with van der Waals surface area (Å²) in [7, 11) is 0. The number of rotatable bonds is 3. The highest BCUT2D eigenvalue weighted by Gasteiger charge is 2.23. The van der Waals surface area contributed by atoms with Crippen molar-refractivity contribution in [1.82, 2.24) is 10.2 Å². The molecule has 0 aromatic heterocycles. The predicted molar refractivity (Wildman–Crippen MR) is 66.4 cm³/mol. The summed E-state index contributed by atoms with van der Waals surface area (Å²) in [6.07, 6.45) is 2.50. The number of piperidine rings is 1. The SMILES string of the molecule is CCC(Br)C(=O)NC1CCN(C(C)=O)CC1. The monoisotopic (exact) mass is 290 g/mol. The van der Waals surface area contributed by atoms with Gasteiger partial charge in [-0.25, -0.2) is 0 Å². The van der Waals surface area contributed by atoms with E-state index in [1.807, 2.05) is 11.8 Å². The van der Waals surface area contributed by atoms with E-state index in [0.29, 0.717) is 0 Å². The molecule has 2 amide bonds. The average molecular weight is 291 g/mol. The molecule has 1 atom stereocenters. The van der Waals surface area contributed by atoms with Crippen LogP contribution in [0.2, 0.25) is 0 Å². The van der Waals surface area contributed by atoms with Gasteiger partial charge in [-0.15, -0.1) is 0 Å². The summed E-state index contributed by atoms with van der Waals surface area (Å²) >= 11 is 3.33. The van der Waals surface area contributed by atoms with E-state index >= 15 is 0 Å². The lowest BCUT2D eigenvalue weighted by Crippen LogP contribution is -2.47. The van der Waals surface area contributed by atoms with E-state index in [9.17, 15) is 9.59 Å². The van der Waals surface area contributed by atoms with Gasteiger partial charge in [-0.1, -0.05) is 22.9 Å². The van der Waals surface area contributed by atoms with Crippen LogP contribution >= 0.6 is 15.9 Å². The zero-order valence-corrected chi connectivity index (χ0v) is 11.4. The Bertz CT molecular complexity index is 263. The van der Waals surface area contributed by atoms with Gasteiger partial charge in [0.05, 0.1) is 4.83 Å². The molecule has 0 aromatic rings. The van der Waals surface area contributed by atoms with Crippen molar-refractivity contribution in [3.05, 3.63) is 0 Å². The molecule has 0 spiro atoms. The molecule has 1 fully saturated rings. The Balaban J connectivity index is 2.32. The van der Waals surface area contributed by atoms with Crippen molar-refractivity contribution in [3.8, 4) is 0 Å². The number of carbonyl (C=O) groups excluding carboxylic acids is 2. The normalized spacial score (nSPS) is 19.3. The molecule has 1 saturated heterocycles. The Labute approximate surface area is 105 Å². The second kappa shape index (κ2) is 6.23. The molecule has 4 nitrogen and oxygen atoms in total. The van der Waals surface area contributed by atoms with Gasteiger partial charge < -0.3 is 10.2 Å². The number of amides is 2. The van der Waals surface area contributed by atoms with Crippen molar-refractivity contribution >= 4 is 27.7 Å². The van der Waals surface area contributed by atoms with E-state index in [4.69, 9.17) is 0 Å². The minimum Gasteiger partial charge on any atom is -0.352 e. The Morgan fingerprint density at radius 1 is 1.44 bits per heavy atom. The number of alkyl halides is 1. The second-order valence-electron chi connectivity index (χ2n) is 4.16. The summed E-state index contributed by atoms with van der Waals surface area (Å²) in [5.41, 5.74) is 0. The minimum atomic E-state index is -0.0988. The molecule has 0 aromatic carbocycles. The fourth-order valence-corrected chi connectivity index (χ4v) is 1.95. The largest absolute Gasteiger partial charge is 0.352 e. The molecule has 1 unspecified atom stereocenters. The third kappa shape index (κ3) is 3.77. The van der Waals surface area contributed by atoms with Crippen molar-refractivity contribution in [2.75, 3.05) is 13.1 Å². The molecular weight excluding hydrogens is 272 g/mol. The third-order valence-corrected chi connectivity index (χ3v) is 3.99. The van der Waals surface area contributed by atoms with Crippen molar-refractivity contribution in [3.63, 3.8) is 0 Å². The van der Waals surface area contributed by atoms with E-state index < -0.39 is 0 Å². The topological polar surface area (TPSA) is 49.4 Å². The molecule has 0 radical (unpaired) electrons. The maximum atomic E-state index is 11.6. The van der Waals surface area contributed by atoms with Crippen LogP contribution in [-0.2, 0) is 9.59 Å². The van der Waals surface area contributed by atoms with E-state index in [0.717, 1.165) is 32.4 Å². The molecule has 1 N–H and O–H groups in total. The molecule has 0 aliphatic carbocycles. The summed E-state index contributed by atoms with van der Waals surface area (Å²) in [5, 5.41) is 3.01. The van der Waals surface area contributed by atoms with E-state index in [2.05, 4.69) is 21.2 Å². The number of hydrogen-bond donors (Lipinski definition) is 1. The summed E-state index contributed by atoms with van der Waals surface area (Å²) < 4.78 is 0. The first-order chi connectivity index (χ1) is 7.54. The molecule has 16 heavy (non-hydrogen) atoms. The van der Waals surface area contributed by atoms with Crippen LogP contribution in [0.3, 0.4) is 0 Å². The fourth-order valence-electron chi connectivity index (χ4n) is 1.82. The summed E-state index contributed by atoms with van der Waals surface area (Å²) in [6, 6.07) is 0.217. The first-order valence-electron chi connectivity index (χ1n) is 5.74. The van der Waals surface area contributed by atoms with Gasteiger partial charge in [0.2, 0.25) is 11.8 Å².